The summed E-state index contributed by atoms with van der Waals surface area (Å²) < 4.78 is 0. The van der Waals surface area contributed by atoms with Crippen molar-refractivity contribution in [3.05, 3.63) is 91.0 Å². The van der Waals surface area contributed by atoms with E-state index in [9.17, 15) is 5.11 Å². The molecule has 0 saturated carbocycles. The van der Waals surface area contributed by atoms with E-state index in [0.29, 0.717) is 0 Å². The Morgan fingerprint density at radius 3 is 1.09 bits per heavy atom. The van der Waals surface area contributed by atoms with E-state index < -0.39 is 13.1 Å². The van der Waals surface area contributed by atoms with Crippen LogP contribution in [-0.2, 0) is 0 Å². The zero-order chi connectivity index (χ0) is 15.4. The molecular weight excluding hydrogens is 287 g/mol. The van der Waals surface area contributed by atoms with Crippen molar-refractivity contribution in [3.63, 3.8) is 0 Å². The second-order valence-corrected chi connectivity index (χ2v) is 9.77. The van der Waals surface area contributed by atoms with Gasteiger partial charge in [-0.25, -0.2) is 0 Å². The normalized spacial score (nSPS) is 13.5. The summed E-state index contributed by atoms with van der Waals surface area (Å²) >= 11 is 0. The third-order valence-corrected chi connectivity index (χ3v) is 9.30. The van der Waals surface area contributed by atoms with Crippen LogP contribution in [0.1, 0.15) is 6.92 Å². The summed E-state index contributed by atoms with van der Waals surface area (Å²) in [6.07, 6.45) is 0. The van der Waals surface area contributed by atoms with Gasteiger partial charge in [0.05, 0.1) is 0 Å². The number of aliphatic hydroxyl groups excluding tert-OH is 1. The molecule has 22 heavy (non-hydrogen) atoms. The van der Waals surface area contributed by atoms with Gasteiger partial charge in [-0.1, -0.05) is 0 Å². The van der Waals surface area contributed by atoms with Crippen LogP contribution >= 0.6 is 7.26 Å². The zero-order valence-corrected chi connectivity index (χ0v) is 13.7. The van der Waals surface area contributed by atoms with Crippen LogP contribution in [0.2, 0.25) is 0 Å². The van der Waals surface area contributed by atoms with E-state index in [2.05, 4.69) is 72.8 Å². The van der Waals surface area contributed by atoms with E-state index in [0.717, 1.165) is 0 Å². The average Bonchev–Trinajstić information content (AvgIpc) is 2.58. The van der Waals surface area contributed by atoms with Gasteiger partial charge >= 0.3 is 132 Å². The van der Waals surface area contributed by atoms with E-state index >= 15 is 0 Å². The van der Waals surface area contributed by atoms with E-state index in [-0.39, 0.29) is 0 Å². The van der Waals surface area contributed by atoms with Crippen molar-refractivity contribution in [2.45, 2.75) is 12.8 Å². The molecule has 0 aliphatic rings. The first-order valence-corrected chi connectivity index (χ1v) is 9.68. The predicted molar refractivity (Wildman–Crippen MR) is 98.2 cm³/mol. The van der Waals surface area contributed by atoms with Gasteiger partial charge in [-0.2, -0.15) is 0 Å². The van der Waals surface area contributed by atoms with Crippen LogP contribution in [0.4, 0.5) is 0 Å². The molecule has 1 N–H and O–H groups in total. The third kappa shape index (κ3) is 2.47. The fourth-order valence-corrected chi connectivity index (χ4v) is 7.93. The minimum atomic E-state index is -2.45. The first-order valence-electron chi connectivity index (χ1n) is 7.61. The van der Waals surface area contributed by atoms with E-state index in [1.54, 1.807) is 0 Å². The maximum absolute atomic E-state index is 10.9. The summed E-state index contributed by atoms with van der Waals surface area (Å²) in [5, 5.41) is 14.6. The molecule has 0 aromatic heterocycles. The first kappa shape index (κ1) is 15.0. The molecule has 0 heterocycles. The molecule has 3 aromatic carbocycles. The van der Waals surface area contributed by atoms with E-state index in [4.69, 9.17) is 0 Å². The van der Waals surface area contributed by atoms with Crippen LogP contribution in [-0.4, -0.2) is 11.0 Å². The fourth-order valence-electron chi connectivity index (χ4n) is 3.33. The van der Waals surface area contributed by atoms with Gasteiger partial charge in [0.25, 0.3) is 0 Å². The zero-order valence-electron chi connectivity index (χ0n) is 12.7. The Morgan fingerprint density at radius 2 is 0.864 bits per heavy atom. The van der Waals surface area contributed by atoms with Crippen LogP contribution in [0.15, 0.2) is 91.0 Å². The minimum absolute atomic E-state index is 0.417. The van der Waals surface area contributed by atoms with Crippen molar-refractivity contribution >= 4 is 23.2 Å². The molecule has 0 fully saturated rings. The van der Waals surface area contributed by atoms with Gasteiger partial charge in [0.2, 0.25) is 0 Å². The van der Waals surface area contributed by atoms with E-state index in [1.807, 2.05) is 25.1 Å². The molecule has 0 aliphatic carbocycles. The van der Waals surface area contributed by atoms with Crippen molar-refractivity contribution in [2.24, 2.45) is 0 Å². The van der Waals surface area contributed by atoms with Crippen molar-refractivity contribution in [1.29, 1.82) is 0 Å². The molecule has 0 amide bonds. The van der Waals surface area contributed by atoms with Crippen molar-refractivity contribution < 1.29 is 5.11 Å². The number of aliphatic hydroxyl groups is 1. The number of hydrogen-bond acceptors (Lipinski definition) is 1. The van der Waals surface area contributed by atoms with Crippen LogP contribution < -0.4 is 15.9 Å². The summed E-state index contributed by atoms with van der Waals surface area (Å²) in [5.74, 6) is -0.417. The molecule has 0 saturated heterocycles. The van der Waals surface area contributed by atoms with Crippen LogP contribution in [0.25, 0.3) is 0 Å². The fraction of sp³-hybridized carbons (Fsp3) is 0.100. The van der Waals surface area contributed by atoms with Gasteiger partial charge in [0.1, 0.15) is 0 Å². The van der Waals surface area contributed by atoms with Crippen LogP contribution in [0, 0.1) is 0 Å². The van der Waals surface area contributed by atoms with Crippen molar-refractivity contribution in [3.8, 4) is 0 Å². The molecule has 3 aromatic rings. The van der Waals surface area contributed by atoms with Gasteiger partial charge in [-0.15, -0.1) is 0 Å². The van der Waals surface area contributed by atoms with Crippen molar-refractivity contribution in [1.82, 2.24) is 0 Å². The summed E-state index contributed by atoms with van der Waals surface area (Å²) in [7, 11) is -2.45. The standard InChI is InChI=1S/C20H21OP/c1-17(21)22(18-11-5-2-6-12-18,19-13-7-3-8-14-19)20-15-9-4-10-16-20/h2-17,21-22H,1H3. The van der Waals surface area contributed by atoms with Crippen LogP contribution in [0.5, 0.6) is 0 Å². The molecule has 1 nitrogen and oxygen atoms in total. The molecule has 0 aliphatic heterocycles. The van der Waals surface area contributed by atoms with Gasteiger partial charge in [0.15, 0.2) is 0 Å². The topological polar surface area (TPSA) is 20.2 Å². The molecule has 112 valence electrons. The Morgan fingerprint density at radius 1 is 0.591 bits per heavy atom. The molecule has 0 spiro atoms. The SMILES string of the molecule is CC(O)[PH](c1ccccc1)(c1ccccc1)c1ccccc1. The molecule has 2 heteroatoms. The predicted octanol–water partition coefficient (Wildman–Crippen LogP) is 3.05. The molecule has 0 radical (unpaired) electrons. The molecule has 3 rings (SSSR count). The summed E-state index contributed by atoms with van der Waals surface area (Å²) in [6.45, 7) is 1.93. The quantitative estimate of drug-likeness (QED) is 0.735. The average molecular weight is 308 g/mol. The molecular formula is C20H21OP. The second-order valence-electron chi connectivity index (χ2n) is 5.58. The van der Waals surface area contributed by atoms with Gasteiger partial charge in [-0.05, 0) is 0 Å². The number of hydrogen-bond donors (Lipinski definition) is 1. The first-order chi connectivity index (χ1) is 10.8. The Hall–Kier alpha value is -1.95. The molecule has 0 bridgehead atoms. The summed E-state index contributed by atoms with van der Waals surface area (Å²) in [6, 6.07) is 31.4. The second kappa shape index (κ2) is 6.44. The number of rotatable bonds is 4. The van der Waals surface area contributed by atoms with Gasteiger partial charge in [0, 0.05) is 0 Å². The van der Waals surface area contributed by atoms with E-state index in [1.165, 1.54) is 15.9 Å². The van der Waals surface area contributed by atoms with Gasteiger partial charge < -0.3 is 0 Å². The third-order valence-electron chi connectivity index (χ3n) is 4.31. The summed E-state index contributed by atoms with van der Waals surface area (Å²) in [5.41, 5.74) is 0. The maximum atomic E-state index is 10.9. The Labute approximate surface area is 132 Å². The van der Waals surface area contributed by atoms with Gasteiger partial charge in [-0.3, -0.25) is 0 Å². The Balaban J connectivity index is 2.34. The molecule has 1 unspecified atom stereocenters. The number of benzene rings is 3. The Bertz CT molecular complexity index is 612. The van der Waals surface area contributed by atoms with Crippen LogP contribution in [0.3, 0.4) is 0 Å². The van der Waals surface area contributed by atoms with Crippen molar-refractivity contribution in [2.75, 3.05) is 0 Å². The molecule has 1 atom stereocenters. The summed E-state index contributed by atoms with van der Waals surface area (Å²) in [4.78, 5) is 0. The monoisotopic (exact) mass is 308 g/mol. The Kier molecular flexibility index (Phi) is 4.38.